The smallest absolute Gasteiger partial charge is 0.169 e. The molecule has 0 radical (unpaired) electrons. The Balaban J connectivity index is 2.14. The van der Waals surface area contributed by atoms with Crippen LogP contribution in [-0.4, -0.2) is 21.1 Å². The number of hydrogen-bond acceptors (Lipinski definition) is 4. The summed E-state index contributed by atoms with van der Waals surface area (Å²) in [6, 6.07) is 3.60. The van der Waals surface area contributed by atoms with Gasteiger partial charge in [0.2, 0.25) is 0 Å². The minimum Gasteiger partial charge on any atom is -0.448 e. The van der Waals surface area contributed by atoms with Crippen molar-refractivity contribution < 1.29 is 4.42 Å². The van der Waals surface area contributed by atoms with Crippen molar-refractivity contribution >= 4 is 22.1 Å². The molecule has 0 aliphatic heterocycles. The van der Waals surface area contributed by atoms with Gasteiger partial charge < -0.3 is 4.42 Å². The lowest BCUT2D eigenvalue weighted by atomic mass is 10.5. The average Bonchev–Trinajstić information content (AvgIpc) is 2.71. The predicted molar refractivity (Wildman–Crippen MR) is 49.4 cm³/mol. The first kappa shape index (κ1) is 8.18. The van der Waals surface area contributed by atoms with E-state index < -0.39 is 0 Å². The highest BCUT2D eigenvalue weighted by atomic mass is 79.9. The van der Waals surface area contributed by atoms with Crippen LogP contribution >= 0.6 is 15.9 Å². The molecule has 0 N–H and O–H groups in total. The molecule has 13 heavy (non-hydrogen) atoms. The van der Waals surface area contributed by atoms with Crippen molar-refractivity contribution in [3.8, 4) is 0 Å². The quantitative estimate of drug-likeness (QED) is 0.749. The summed E-state index contributed by atoms with van der Waals surface area (Å²) >= 11 is 3.19. The molecule has 0 unspecified atom stereocenters. The van der Waals surface area contributed by atoms with Gasteiger partial charge in [-0.25, -0.2) is 4.68 Å². The molecule has 2 heterocycles. The van der Waals surface area contributed by atoms with Crippen LogP contribution in [0.15, 0.2) is 39.0 Å². The number of furan rings is 1. The van der Waals surface area contributed by atoms with Crippen LogP contribution in [0.1, 0.15) is 5.76 Å². The second-order valence-corrected chi connectivity index (χ2v) is 3.01. The second-order valence-electron chi connectivity index (χ2n) is 2.23. The summed E-state index contributed by atoms with van der Waals surface area (Å²) in [4.78, 5) is 0. The summed E-state index contributed by atoms with van der Waals surface area (Å²) < 4.78 is 7.36. The second kappa shape index (κ2) is 3.53. The van der Waals surface area contributed by atoms with Gasteiger partial charge in [0.25, 0.3) is 0 Å². The fraction of sp³-hybridized carbons (Fsp3) is 0. The van der Waals surface area contributed by atoms with E-state index in [4.69, 9.17) is 4.42 Å². The van der Waals surface area contributed by atoms with Gasteiger partial charge in [-0.1, -0.05) is 0 Å². The van der Waals surface area contributed by atoms with Crippen molar-refractivity contribution in [2.45, 2.75) is 0 Å². The highest BCUT2D eigenvalue weighted by Crippen LogP contribution is 2.12. The Morgan fingerprint density at radius 1 is 1.38 bits per heavy atom. The van der Waals surface area contributed by atoms with E-state index in [1.54, 1.807) is 18.3 Å². The molecule has 2 rings (SSSR count). The van der Waals surface area contributed by atoms with Crippen molar-refractivity contribution in [3.63, 3.8) is 0 Å². The number of aromatic nitrogens is 3. The molecule has 0 fully saturated rings. The van der Waals surface area contributed by atoms with Gasteiger partial charge in [-0.3, -0.25) is 0 Å². The summed E-state index contributed by atoms with van der Waals surface area (Å²) in [7, 11) is 0. The molecule has 0 aliphatic carbocycles. The number of nitrogens with zero attached hydrogens (tertiary/aromatic N) is 4. The van der Waals surface area contributed by atoms with Gasteiger partial charge in [-0.15, -0.1) is 10.2 Å². The van der Waals surface area contributed by atoms with E-state index in [0.717, 1.165) is 0 Å². The van der Waals surface area contributed by atoms with Crippen molar-refractivity contribution in [3.05, 3.63) is 35.2 Å². The van der Waals surface area contributed by atoms with Crippen LogP contribution in [0.2, 0.25) is 0 Å². The Hall–Kier alpha value is -1.43. The van der Waals surface area contributed by atoms with Gasteiger partial charge in [0.1, 0.15) is 18.4 Å². The monoisotopic (exact) mass is 240 g/mol. The van der Waals surface area contributed by atoms with Crippen molar-refractivity contribution in [1.29, 1.82) is 0 Å². The Labute approximate surface area is 82.2 Å². The zero-order chi connectivity index (χ0) is 9.10. The summed E-state index contributed by atoms with van der Waals surface area (Å²) in [6.45, 7) is 0. The highest BCUT2D eigenvalue weighted by Gasteiger charge is 1.94. The normalized spacial score (nSPS) is 11.2. The summed E-state index contributed by atoms with van der Waals surface area (Å²) in [6.07, 6.45) is 4.57. The lowest BCUT2D eigenvalue weighted by Gasteiger charge is -1.86. The Morgan fingerprint density at radius 2 is 2.15 bits per heavy atom. The van der Waals surface area contributed by atoms with Crippen LogP contribution in [0.4, 0.5) is 0 Å². The molecule has 0 saturated heterocycles. The van der Waals surface area contributed by atoms with Crippen molar-refractivity contribution in [2.75, 3.05) is 0 Å². The van der Waals surface area contributed by atoms with Gasteiger partial charge >= 0.3 is 0 Å². The van der Waals surface area contributed by atoms with E-state index in [2.05, 4.69) is 31.2 Å². The van der Waals surface area contributed by atoms with E-state index in [0.29, 0.717) is 10.4 Å². The van der Waals surface area contributed by atoms with Crippen LogP contribution in [-0.2, 0) is 0 Å². The highest BCUT2D eigenvalue weighted by molar-refractivity contribution is 9.10. The van der Waals surface area contributed by atoms with Crippen LogP contribution < -0.4 is 0 Å². The lowest BCUT2D eigenvalue weighted by molar-refractivity contribution is 0.534. The van der Waals surface area contributed by atoms with Crippen LogP contribution in [0.3, 0.4) is 0 Å². The minimum absolute atomic E-state index is 0.667. The first-order valence-corrected chi connectivity index (χ1v) is 4.28. The first-order chi connectivity index (χ1) is 6.34. The maximum absolute atomic E-state index is 5.19. The van der Waals surface area contributed by atoms with Crippen LogP contribution in [0.25, 0.3) is 0 Å². The molecule has 5 nitrogen and oxygen atoms in total. The third kappa shape index (κ3) is 2.03. The fourth-order valence-corrected chi connectivity index (χ4v) is 1.10. The zero-order valence-electron chi connectivity index (χ0n) is 6.46. The van der Waals surface area contributed by atoms with E-state index in [-0.39, 0.29) is 0 Å². The summed E-state index contributed by atoms with van der Waals surface area (Å²) in [5, 5.41) is 11.2. The largest absolute Gasteiger partial charge is 0.448 e. The molecule has 0 bridgehead atoms. The van der Waals surface area contributed by atoms with Gasteiger partial charge in [-0.2, -0.15) is 5.10 Å². The van der Waals surface area contributed by atoms with Crippen LogP contribution in [0, 0.1) is 0 Å². The molecule has 2 aromatic rings. The SMILES string of the molecule is Brc1ccc(C=Nn2cnnc2)o1. The molecule has 66 valence electrons. The molecule has 0 atom stereocenters. The average molecular weight is 241 g/mol. The van der Waals surface area contributed by atoms with E-state index in [1.165, 1.54) is 17.3 Å². The van der Waals surface area contributed by atoms with Gasteiger partial charge in [0, 0.05) is 0 Å². The Bertz CT molecular complexity index is 406. The van der Waals surface area contributed by atoms with E-state index in [1.807, 2.05) is 0 Å². The van der Waals surface area contributed by atoms with Gasteiger partial charge in [0.15, 0.2) is 4.67 Å². The first-order valence-electron chi connectivity index (χ1n) is 3.49. The Kier molecular flexibility index (Phi) is 2.22. The van der Waals surface area contributed by atoms with Crippen molar-refractivity contribution in [1.82, 2.24) is 14.9 Å². The van der Waals surface area contributed by atoms with Gasteiger partial charge in [0.05, 0.1) is 6.21 Å². The van der Waals surface area contributed by atoms with E-state index in [9.17, 15) is 0 Å². The molecule has 2 aromatic heterocycles. The summed E-state index contributed by atoms with van der Waals surface area (Å²) in [5.41, 5.74) is 0. The molecular weight excluding hydrogens is 236 g/mol. The molecule has 0 spiro atoms. The fourth-order valence-electron chi connectivity index (χ4n) is 0.776. The maximum Gasteiger partial charge on any atom is 0.169 e. The van der Waals surface area contributed by atoms with Crippen LogP contribution in [0.5, 0.6) is 0 Å². The molecule has 0 amide bonds. The molecular formula is C7H5BrN4O. The van der Waals surface area contributed by atoms with Crippen molar-refractivity contribution in [2.24, 2.45) is 5.10 Å². The lowest BCUT2D eigenvalue weighted by Crippen LogP contribution is -1.84. The minimum atomic E-state index is 0.667. The molecule has 0 aromatic carbocycles. The zero-order valence-corrected chi connectivity index (χ0v) is 8.05. The van der Waals surface area contributed by atoms with E-state index >= 15 is 0 Å². The standard InChI is InChI=1S/C7H5BrN4O/c8-7-2-1-6(13-7)3-11-12-4-9-10-5-12/h1-5H. The third-order valence-electron chi connectivity index (χ3n) is 1.32. The topological polar surface area (TPSA) is 56.2 Å². The molecule has 0 saturated carbocycles. The third-order valence-corrected chi connectivity index (χ3v) is 1.75. The number of halogens is 1. The number of hydrogen-bond donors (Lipinski definition) is 0. The Morgan fingerprint density at radius 3 is 2.77 bits per heavy atom. The van der Waals surface area contributed by atoms with Gasteiger partial charge in [-0.05, 0) is 28.1 Å². The molecule has 0 aliphatic rings. The predicted octanol–water partition coefficient (Wildman–Crippen LogP) is 1.52. The number of rotatable bonds is 2. The molecule has 6 heteroatoms. The summed E-state index contributed by atoms with van der Waals surface area (Å²) in [5.74, 6) is 0.667. The maximum atomic E-state index is 5.19.